The van der Waals surface area contributed by atoms with Crippen molar-refractivity contribution < 1.29 is 4.52 Å². The maximum absolute atomic E-state index is 6.01. The normalized spacial score (nSPS) is 33.8. The number of fused-ring (bicyclic) bond motifs is 2. The predicted molar refractivity (Wildman–Crippen MR) is 58.6 cm³/mol. The van der Waals surface area contributed by atoms with Crippen molar-refractivity contribution in [2.45, 2.75) is 32.1 Å². The van der Waals surface area contributed by atoms with Gasteiger partial charge in [-0.1, -0.05) is 23.2 Å². The molecule has 2 fully saturated rings. The molecule has 2 saturated carbocycles. The largest absolute Gasteiger partial charge is 0.380 e. The molecule has 2 aliphatic rings. The van der Waals surface area contributed by atoms with E-state index in [0.717, 1.165) is 29.9 Å². The summed E-state index contributed by atoms with van der Waals surface area (Å²) in [4.78, 5) is 0. The van der Waals surface area contributed by atoms with Crippen LogP contribution in [0.3, 0.4) is 0 Å². The number of nitrogens with two attached hydrogens (primary N) is 1. The SMILES string of the molecule is Nc1noc(CC2CC3CCC2C3)c1Cl. The highest BCUT2D eigenvalue weighted by molar-refractivity contribution is 6.33. The second-order valence-corrected chi connectivity index (χ2v) is 5.32. The van der Waals surface area contributed by atoms with E-state index in [1.165, 1.54) is 25.7 Å². The van der Waals surface area contributed by atoms with Crippen molar-refractivity contribution in [3.8, 4) is 0 Å². The summed E-state index contributed by atoms with van der Waals surface area (Å²) in [7, 11) is 0. The zero-order valence-corrected chi connectivity index (χ0v) is 9.33. The molecule has 3 unspecified atom stereocenters. The Balaban J connectivity index is 1.73. The van der Waals surface area contributed by atoms with Crippen molar-refractivity contribution in [2.75, 3.05) is 5.73 Å². The fourth-order valence-electron chi connectivity index (χ4n) is 3.32. The minimum Gasteiger partial charge on any atom is -0.380 e. The fourth-order valence-corrected chi connectivity index (χ4v) is 3.46. The molecule has 2 aliphatic carbocycles. The molecule has 0 spiro atoms. The van der Waals surface area contributed by atoms with E-state index in [1.807, 2.05) is 0 Å². The zero-order valence-electron chi connectivity index (χ0n) is 8.58. The van der Waals surface area contributed by atoms with Crippen LogP contribution in [0.2, 0.25) is 5.02 Å². The Kier molecular flexibility index (Phi) is 2.16. The first-order chi connectivity index (χ1) is 7.24. The van der Waals surface area contributed by atoms with Crippen LogP contribution in [-0.2, 0) is 6.42 Å². The molecular weight excluding hydrogens is 212 g/mol. The molecule has 3 atom stereocenters. The highest BCUT2D eigenvalue weighted by Gasteiger charge is 2.40. The molecule has 0 aliphatic heterocycles. The van der Waals surface area contributed by atoms with Gasteiger partial charge in [-0.25, -0.2) is 0 Å². The van der Waals surface area contributed by atoms with E-state index in [4.69, 9.17) is 21.9 Å². The number of aromatic nitrogens is 1. The molecule has 0 aromatic carbocycles. The molecule has 1 aromatic rings. The number of rotatable bonds is 2. The van der Waals surface area contributed by atoms with E-state index in [1.54, 1.807) is 0 Å². The van der Waals surface area contributed by atoms with Crippen LogP contribution < -0.4 is 5.73 Å². The number of hydrogen-bond acceptors (Lipinski definition) is 3. The third-order valence-electron chi connectivity index (χ3n) is 4.06. The van der Waals surface area contributed by atoms with Crippen LogP contribution in [0, 0.1) is 17.8 Å². The number of nitrogen functional groups attached to an aromatic ring is 1. The minimum absolute atomic E-state index is 0.329. The maximum atomic E-state index is 6.01. The molecule has 4 heteroatoms. The molecule has 82 valence electrons. The first-order valence-electron chi connectivity index (χ1n) is 5.63. The Morgan fingerprint density at radius 3 is 2.80 bits per heavy atom. The summed E-state index contributed by atoms with van der Waals surface area (Å²) < 4.78 is 5.16. The molecular formula is C11H15ClN2O. The average Bonchev–Trinajstić information content (AvgIpc) is 2.89. The number of anilines is 1. The van der Waals surface area contributed by atoms with Gasteiger partial charge in [0.1, 0.15) is 5.02 Å². The molecule has 3 rings (SSSR count). The Morgan fingerprint density at radius 2 is 2.27 bits per heavy atom. The second kappa shape index (κ2) is 3.41. The number of nitrogens with zero attached hydrogens (tertiary/aromatic N) is 1. The smallest absolute Gasteiger partial charge is 0.185 e. The summed E-state index contributed by atoms with van der Waals surface area (Å²) in [5.41, 5.74) is 5.55. The van der Waals surface area contributed by atoms with Gasteiger partial charge in [0.25, 0.3) is 0 Å². The zero-order chi connectivity index (χ0) is 10.4. The lowest BCUT2D eigenvalue weighted by Crippen LogP contribution is -2.12. The minimum atomic E-state index is 0.329. The average molecular weight is 227 g/mol. The summed E-state index contributed by atoms with van der Waals surface area (Å²) >= 11 is 6.01. The summed E-state index contributed by atoms with van der Waals surface area (Å²) in [5, 5.41) is 4.22. The Labute approximate surface area is 93.9 Å². The topological polar surface area (TPSA) is 52.0 Å². The molecule has 15 heavy (non-hydrogen) atoms. The monoisotopic (exact) mass is 226 g/mol. The second-order valence-electron chi connectivity index (χ2n) is 4.94. The third-order valence-corrected chi connectivity index (χ3v) is 4.46. The number of halogens is 1. The van der Waals surface area contributed by atoms with Crippen molar-refractivity contribution in [1.29, 1.82) is 0 Å². The van der Waals surface area contributed by atoms with E-state index in [-0.39, 0.29) is 0 Å². The molecule has 2 N–H and O–H groups in total. The lowest BCUT2D eigenvalue weighted by molar-refractivity contribution is 0.293. The molecule has 2 bridgehead atoms. The summed E-state index contributed by atoms with van der Waals surface area (Å²) in [6, 6.07) is 0. The van der Waals surface area contributed by atoms with Crippen LogP contribution in [0.4, 0.5) is 5.82 Å². The molecule has 3 nitrogen and oxygen atoms in total. The molecule has 0 radical (unpaired) electrons. The highest BCUT2D eigenvalue weighted by Crippen LogP contribution is 2.49. The molecule has 0 amide bonds. The summed E-state index contributed by atoms with van der Waals surface area (Å²) in [6.45, 7) is 0. The van der Waals surface area contributed by atoms with Gasteiger partial charge < -0.3 is 10.3 Å². The molecule has 1 aromatic heterocycles. The van der Waals surface area contributed by atoms with Gasteiger partial charge in [0.15, 0.2) is 11.6 Å². The van der Waals surface area contributed by atoms with Crippen LogP contribution >= 0.6 is 11.6 Å². The standard InChI is InChI=1S/C11H15ClN2O/c12-10-9(15-14-11(10)13)5-8-4-6-1-2-7(8)3-6/h6-8H,1-5H2,(H2,13,14). The van der Waals surface area contributed by atoms with Crippen molar-refractivity contribution >= 4 is 17.4 Å². The first kappa shape index (κ1) is 9.52. The van der Waals surface area contributed by atoms with E-state index >= 15 is 0 Å². The van der Waals surface area contributed by atoms with Crippen LogP contribution in [0.1, 0.15) is 31.4 Å². The number of hydrogen-bond donors (Lipinski definition) is 1. The van der Waals surface area contributed by atoms with Crippen LogP contribution in [0.25, 0.3) is 0 Å². The quantitative estimate of drug-likeness (QED) is 0.844. The summed E-state index contributed by atoms with van der Waals surface area (Å²) in [6.07, 6.45) is 6.47. The van der Waals surface area contributed by atoms with E-state index in [9.17, 15) is 0 Å². The summed E-state index contributed by atoms with van der Waals surface area (Å²) in [5.74, 6) is 3.70. The third kappa shape index (κ3) is 1.53. The van der Waals surface area contributed by atoms with Crippen LogP contribution in [0.15, 0.2) is 4.52 Å². The lowest BCUT2D eigenvalue weighted by atomic mass is 9.86. The van der Waals surface area contributed by atoms with Crippen LogP contribution in [-0.4, -0.2) is 5.16 Å². The molecule has 0 saturated heterocycles. The van der Waals surface area contributed by atoms with Crippen LogP contribution in [0.5, 0.6) is 0 Å². The van der Waals surface area contributed by atoms with Gasteiger partial charge in [-0.15, -0.1) is 0 Å². The van der Waals surface area contributed by atoms with Gasteiger partial charge >= 0.3 is 0 Å². The van der Waals surface area contributed by atoms with E-state index in [2.05, 4.69) is 5.16 Å². The Hall–Kier alpha value is -0.700. The van der Waals surface area contributed by atoms with E-state index in [0.29, 0.717) is 10.8 Å². The Morgan fingerprint density at radius 1 is 1.40 bits per heavy atom. The fraction of sp³-hybridized carbons (Fsp3) is 0.727. The maximum Gasteiger partial charge on any atom is 0.185 e. The first-order valence-corrected chi connectivity index (χ1v) is 6.01. The van der Waals surface area contributed by atoms with Gasteiger partial charge in [0.05, 0.1) is 0 Å². The van der Waals surface area contributed by atoms with Gasteiger partial charge in [-0.2, -0.15) is 0 Å². The lowest BCUT2D eigenvalue weighted by Gasteiger charge is -2.19. The van der Waals surface area contributed by atoms with Crippen molar-refractivity contribution in [3.63, 3.8) is 0 Å². The van der Waals surface area contributed by atoms with Gasteiger partial charge in [0.2, 0.25) is 0 Å². The molecule has 1 heterocycles. The highest BCUT2D eigenvalue weighted by atomic mass is 35.5. The van der Waals surface area contributed by atoms with E-state index < -0.39 is 0 Å². The predicted octanol–water partition coefficient (Wildman–Crippen LogP) is 2.89. The Bertz CT molecular complexity index is 377. The van der Waals surface area contributed by atoms with Crippen molar-refractivity contribution in [3.05, 3.63) is 10.8 Å². The van der Waals surface area contributed by atoms with Crippen molar-refractivity contribution in [1.82, 2.24) is 5.16 Å². The van der Waals surface area contributed by atoms with Gasteiger partial charge in [0, 0.05) is 6.42 Å². The van der Waals surface area contributed by atoms with Gasteiger partial charge in [-0.05, 0) is 37.0 Å². The van der Waals surface area contributed by atoms with Crippen molar-refractivity contribution in [2.24, 2.45) is 17.8 Å². The van der Waals surface area contributed by atoms with Gasteiger partial charge in [-0.3, -0.25) is 0 Å².